The lowest BCUT2D eigenvalue weighted by Crippen LogP contribution is -2.37. The molecule has 0 unspecified atom stereocenters. The van der Waals surface area contributed by atoms with E-state index in [-0.39, 0.29) is 11.5 Å². The van der Waals surface area contributed by atoms with Crippen LogP contribution in [0.25, 0.3) is 0 Å². The van der Waals surface area contributed by atoms with Crippen molar-refractivity contribution in [1.29, 1.82) is 0 Å². The van der Waals surface area contributed by atoms with E-state index in [1.54, 1.807) is 34.2 Å². The second-order valence-corrected chi connectivity index (χ2v) is 6.21. The van der Waals surface area contributed by atoms with Crippen molar-refractivity contribution in [1.82, 2.24) is 14.8 Å². The lowest BCUT2D eigenvalue weighted by molar-refractivity contribution is 0.0713. The van der Waals surface area contributed by atoms with E-state index in [0.29, 0.717) is 43.3 Å². The third kappa shape index (κ3) is 3.96. The number of halogens is 2. The van der Waals surface area contributed by atoms with Gasteiger partial charge in [0.1, 0.15) is 11.5 Å². The maximum Gasteiger partial charge on any atom is 0.272 e. The topological polar surface area (TPSA) is 53.5 Å². The summed E-state index contributed by atoms with van der Waals surface area (Å²) in [6.07, 6.45) is 2.19. The molecule has 0 spiro atoms. The summed E-state index contributed by atoms with van der Waals surface area (Å²) in [6.45, 7) is 1.70. The summed E-state index contributed by atoms with van der Waals surface area (Å²) in [5, 5.41) is 0.312. The van der Waals surface area contributed by atoms with Crippen LogP contribution in [-0.4, -0.2) is 52.8 Å². The van der Waals surface area contributed by atoms with E-state index in [1.807, 2.05) is 0 Å². The predicted octanol–water partition coefficient (Wildman–Crippen LogP) is 2.86. The second kappa shape index (κ2) is 7.61. The number of hydrogen-bond acceptors (Lipinski definition) is 3. The lowest BCUT2D eigenvalue weighted by atomic mass is 10.2. The summed E-state index contributed by atoms with van der Waals surface area (Å²) in [5.74, 6) is -1.17. The first-order chi connectivity index (χ1) is 12.1. The van der Waals surface area contributed by atoms with E-state index in [0.717, 1.165) is 0 Å². The van der Waals surface area contributed by atoms with Crippen LogP contribution >= 0.6 is 11.6 Å². The molecule has 1 aromatic heterocycles. The average Bonchev–Trinajstić information content (AvgIpc) is 2.89. The SMILES string of the molecule is O=C(c1ccccn1)N1CCCN(C(=O)c2cc(Cl)ccc2F)CC1. The second-order valence-electron chi connectivity index (χ2n) is 5.78. The first kappa shape index (κ1) is 17.4. The highest BCUT2D eigenvalue weighted by atomic mass is 35.5. The molecule has 25 heavy (non-hydrogen) atoms. The molecule has 130 valence electrons. The van der Waals surface area contributed by atoms with Crippen molar-refractivity contribution in [3.8, 4) is 0 Å². The number of hydrogen-bond donors (Lipinski definition) is 0. The number of pyridine rings is 1. The van der Waals surface area contributed by atoms with E-state index in [4.69, 9.17) is 11.6 Å². The minimum atomic E-state index is -0.597. The van der Waals surface area contributed by atoms with Crippen LogP contribution in [0.3, 0.4) is 0 Å². The number of carbonyl (C=O) groups is 2. The van der Waals surface area contributed by atoms with E-state index in [9.17, 15) is 14.0 Å². The van der Waals surface area contributed by atoms with Gasteiger partial charge >= 0.3 is 0 Å². The molecule has 1 aromatic carbocycles. The largest absolute Gasteiger partial charge is 0.337 e. The highest BCUT2D eigenvalue weighted by molar-refractivity contribution is 6.31. The fourth-order valence-corrected chi connectivity index (χ4v) is 2.98. The Kier molecular flexibility index (Phi) is 5.28. The number of benzene rings is 1. The smallest absolute Gasteiger partial charge is 0.272 e. The van der Waals surface area contributed by atoms with Gasteiger partial charge in [-0.3, -0.25) is 14.6 Å². The van der Waals surface area contributed by atoms with E-state index >= 15 is 0 Å². The van der Waals surface area contributed by atoms with Crippen molar-refractivity contribution in [2.45, 2.75) is 6.42 Å². The van der Waals surface area contributed by atoms with Crippen molar-refractivity contribution in [3.63, 3.8) is 0 Å². The normalized spacial score (nSPS) is 15.0. The fraction of sp³-hybridized carbons (Fsp3) is 0.278. The highest BCUT2D eigenvalue weighted by Gasteiger charge is 2.25. The summed E-state index contributed by atoms with van der Waals surface area (Å²) < 4.78 is 13.9. The Labute approximate surface area is 150 Å². The summed E-state index contributed by atoms with van der Waals surface area (Å²) in [7, 11) is 0. The minimum absolute atomic E-state index is 0.0444. The van der Waals surface area contributed by atoms with Gasteiger partial charge in [0, 0.05) is 37.4 Å². The third-order valence-electron chi connectivity index (χ3n) is 4.11. The van der Waals surface area contributed by atoms with Crippen LogP contribution in [0.4, 0.5) is 4.39 Å². The minimum Gasteiger partial charge on any atom is -0.337 e. The summed E-state index contributed by atoms with van der Waals surface area (Å²) in [4.78, 5) is 32.4. The van der Waals surface area contributed by atoms with Gasteiger partial charge in [-0.1, -0.05) is 17.7 Å². The lowest BCUT2D eigenvalue weighted by Gasteiger charge is -2.22. The molecule has 2 aromatic rings. The van der Waals surface area contributed by atoms with Crippen LogP contribution in [-0.2, 0) is 0 Å². The summed E-state index contributed by atoms with van der Waals surface area (Å²) in [6, 6.07) is 9.10. The van der Waals surface area contributed by atoms with Gasteiger partial charge in [-0.2, -0.15) is 0 Å². The van der Waals surface area contributed by atoms with Crippen LogP contribution in [0.15, 0.2) is 42.6 Å². The summed E-state index contributed by atoms with van der Waals surface area (Å²) >= 11 is 5.87. The molecule has 1 fully saturated rings. The van der Waals surface area contributed by atoms with Gasteiger partial charge < -0.3 is 9.80 Å². The van der Waals surface area contributed by atoms with Crippen molar-refractivity contribution in [2.24, 2.45) is 0 Å². The zero-order valence-electron chi connectivity index (χ0n) is 13.5. The maximum absolute atomic E-state index is 13.9. The Balaban J connectivity index is 1.70. The van der Waals surface area contributed by atoms with Gasteiger partial charge in [-0.25, -0.2) is 4.39 Å². The highest BCUT2D eigenvalue weighted by Crippen LogP contribution is 2.18. The van der Waals surface area contributed by atoms with Crippen molar-refractivity contribution < 1.29 is 14.0 Å². The molecule has 0 N–H and O–H groups in total. The van der Waals surface area contributed by atoms with Gasteiger partial charge in [-0.05, 0) is 36.8 Å². The first-order valence-electron chi connectivity index (χ1n) is 8.01. The molecule has 5 nitrogen and oxygen atoms in total. The van der Waals surface area contributed by atoms with E-state index in [1.165, 1.54) is 18.2 Å². The van der Waals surface area contributed by atoms with Crippen LogP contribution in [0.2, 0.25) is 5.02 Å². The molecule has 1 saturated heterocycles. The average molecular weight is 362 g/mol. The van der Waals surface area contributed by atoms with Gasteiger partial charge in [0.25, 0.3) is 11.8 Å². The molecule has 0 saturated carbocycles. The van der Waals surface area contributed by atoms with Crippen LogP contribution < -0.4 is 0 Å². The molecule has 1 aliphatic rings. The quantitative estimate of drug-likeness (QED) is 0.826. The molecule has 0 aliphatic carbocycles. The number of carbonyl (C=O) groups excluding carboxylic acids is 2. The molecule has 1 aliphatic heterocycles. The number of aromatic nitrogens is 1. The Bertz CT molecular complexity index is 785. The maximum atomic E-state index is 13.9. The number of nitrogens with zero attached hydrogens (tertiary/aromatic N) is 3. The zero-order valence-corrected chi connectivity index (χ0v) is 14.2. The standard InChI is InChI=1S/C18H17ClFN3O2/c19-13-5-6-15(20)14(12-13)17(24)22-8-3-9-23(11-10-22)18(25)16-4-1-2-7-21-16/h1-2,4-7,12H,3,8-11H2. The number of rotatable bonds is 2. The van der Waals surface area contributed by atoms with Crippen molar-refractivity contribution >= 4 is 23.4 Å². The molecular formula is C18H17ClFN3O2. The zero-order chi connectivity index (χ0) is 17.8. The van der Waals surface area contributed by atoms with E-state index in [2.05, 4.69) is 4.98 Å². The first-order valence-corrected chi connectivity index (χ1v) is 8.38. The Morgan fingerprint density at radius 1 is 1.00 bits per heavy atom. The summed E-state index contributed by atoms with van der Waals surface area (Å²) in [5.41, 5.74) is 0.333. The molecule has 3 rings (SSSR count). The molecule has 0 radical (unpaired) electrons. The molecule has 2 amide bonds. The van der Waals surface area contributed by atoms with Crippen LogP contribution in [0, 0.1) is 5.82 Å². The van der Waals surface area contributed by atoms with Gasteiger partial charge in [0.2, 0.25) is 0 Å². The van der Waals surface area contributed by atoms with Gasteiger partial charge in [0.05, 0.1) is 5.56 Å². The molecule has 2 heterocycles. The van der Waals surface area contributed by atoms with Crippen LogP contribution in [0.5, 0.6) is 0 Å². The van der Waals surface area contributed by atoms with Crippen molar-refractivity contribution in [3.05, 3.63) is 64.7 Å². The third-order valence-corrected chi connectivity index (χ3v) is 4.35. The number of amides is 2. The fourth-order valence-electron chi connectivity index (χ4n) is 2.81. The van der Waals surface area contributed by atoms with Gasteiger partial charge in [0.15, 0.2) is 0 Å². The molecular weight excluding hydrogens is 345 g/mol. The van der Waals surface area contributed by atoms with Crippen molar-refractivity contribution in [2.75, 3.05) is 26.2 Å². The Morgan fingerprint density at radius 3 is 2.40 bits per heavy atom. The Hall–Kier alpha value is -2.47. The van der Waals surface area contributed by atoms with Crippen LogP contribution in [0.1, 0.15) is 27.3 Å². The molecule has 7 heteroatoms. The molecule has 0 atom stereocenters. The van der Waals surface area contributed by atoms with Gasteiger partial charge in [-0.15, -0.1) is 0 Å². The monoisotopic (exact) mass is 361 g/mol. The molecule has 0 bridgehead atoms. The van der Waals surface area contributed by atoms with E-state index < -0.39 is 11.7 Å². The predicted molar refractivity (Wildman–Crippen MR) is 92.1 cm³/mol. The Morgan fingerprint density at radius 2 is 1.72 bits per heavy atom.